The molecule has 22 heavy (non-hydrogen) atoms. The third kappa shape index (κ3) is 2.40. The molecule has 0 amide bonds. The molecule has 0 saturated heterocycles. The number of nitrogens with one attached hydrogen (secondary N) is 1. The first-order valence-electron chi connectivity index (χ1n) is 7.54. The maximum Gasteiger partial charge on any atom is 0.150 e. The van der Waals surface area contributed by atoms with Gasteiger partial charge in [-0.1, -0.05) is 48.0 Å². The van der Waals surface area contributed by atoms with Gasteiger partial charge in [0.05, 0.1) is 5.70 Å². The zero-order valence-corrected chi connectivity index (χ0v) is 12.9. The first kappa shape index (κ1) is 13.5. The van der Waals surface area contributed by atoms with E-state index in [0.717, 1.165) is 51.5 Å². The van der Waals surface area contributed by atoms with Gasteiger partial charge in [-0.3, -0.25) is 0 Å². The van der Waals surface area contributed by atoms with Crippen LogP contribution in [0.3, 0.4) is 0 Å². The highest BCUT2D eigenvalue weighted by atomic mass is 35.5. The fourth-order valence-corrected chi connectivity index (χ4v) is 3.01. The fourth-order valence-electron chi connectivity index (χ4n) is 2.88. The summed E-state index contributed by atoms with van der Waals surface area (Å²) in [4.78, 5) is 0. The Kier molecular flexibility index (Phi) is 3.39. The van der Waals surface area contributed by atoms with Gasteiger partial charge < -0.3 is 9.73 Å². The van der Waals surface area contributed by atoms with Gasteiger partial charge >= 0.3 is 0 Å². The fraction of sp³-hybridized carbons (Fsp3) is 0.158. The lowest BCUT2D eigenvalue weighted by Gasteiger charge is -2.12. The van der Waals surface area contributed by atoms with E-state index in [-0.39, 0.29) is 0 Å². The third-order valence-electron chi connectivity index (χ3n) is 4.01. The molecule has 3 heteroatoms. The SMILES string of the molecule is Clc1ccc(-c2cccc3cc(C4=CCCCN4)oc23)cc1. The minimum absolute atomic E-state index is 0.743. The average Bonchev–Trinajstić information content (AvgIpc) is 3.01. The Hall–Kier alpha value is -2.19. The Labute approximate surface area is 134 Å². The third-order valence-corrected chi connectivity index (χ3v) is 4.26. The molecule has 0 fully saturated rings. The summed E-state index contributed by atoms with van der Waals surface area (Å²) < 4.78 is 6.16. The number of hydrogen-bond acceptors (Lipinski definition) is 2. The standard InChI is InChI=1S/C19H16ClNO/c20-15-9-7-13(8-10-15)16-5-3-4-14-12-18(22-19(14)16)17-6-1-2-11-21-17/h3-10,12,21H,1-2,11H2. The largest absolute Gasteiger partial charge is 0.454 e. The van der Waals surface area contributed by atoms with Crippen molar-refractivity contribution in [1.29, 1.82) is 0 Å². The molecule has 110 valence electrons. The molecule has 0 radical (unpaired) electrons. The highest BCUT2D eigenvalue weighted by molar-refractivity contribution is 6.30. The van der Waals surface area contributed by atoms with Gasteiger partial charge in [0.1, 0.15) is 5.58 Å². The van der Waals surface area contributed by atoms with Crippen molar-refractivity contribution in [3.8, 4) is 11.1 Å². The second kappa shape index (κ2) is 5.54. The van der Waals surface area contributed by atoms with Crippen molar-refractivity contribution in [2.24, 2.45) is 0 Å². The van der Waals surface area contributed by atoms with E-state index in [4.69, 9.17) is 16.0 Å². The molecule has 0 atom stereocenters. The summed E-state index contributed by atoms with van der Waals surface area (Å²) in [5, 5.41) is 5.28. The van der Waals surface area contributed by atoms with E-state index >= 15 is 0 Å². The number of furan rings is 1. The van der Waals surface area contributed by atoms with Crippen molar-refractivity contribution in [3.05, 3.63) is 65.4 Å². The van der Waals surface area contributed by atoms with Crippen LogP contribution < -0.4 is 5.32 Å². The Morgan fingerprint density at radius 3 is 2.68 bits per heavy atom. The Morgan fingerprint density at radius 1 is 1.05 bits per heavy atom. The van der Waals surface area contributed by atoms with Crippen LogP contribution in [0.15, 0.2) is 59.0 Å². The summed E-state index contributed by atoms with van der Waals surface area (Å²) in [6.45, 7) is 1.01. The number of allylic oxidation sites excluding steroid dienone is 1. The summed E-state index contributed by atoms with van der Waals surface area (Å²) in [5.41, 5.74) is 4.23. The van der Waals surface area contributed by atoms with Crippen LogP contribution in [-0.4, -0.2) is 6.54 Å². The van der Waals surface area contributed by atoms with Gasteiger partial charge in [-0.25, -0.2) is 0 Å². The number of fused-ring (bicyclic) bond motifs is 1. The van der Waals surface area contributed by atoms with Crippen LogP contribution in [-0.2, 0) is 0 Å². The number of rotatable bonds is 2. The second-order valence-electron chi connectivity index (χ2n) is 5.53. The topological polar surface area (TPSA) is 25.2 Å². The van der Waals surface area contributed by atoms with E-state index in [1.165, 1.54) is 6.42 Å². The lowest BCUT2D eigenvalue weighted by molar-refractivity contribution is 0.586. The predicted molar refractivity (Wildman–Crippen MR) is 91.9 cm³/mol. The highest BCUT2D eigenvalue weighted by Gasteiger charge is 2.13. The molecule has 1 aliphatic rings. The van der Waals surface area contributed by atoms with E-state index in [1.807, 2.05) is 24.3 Å². The normalized spacial score (nSPS) is 14.7. The average molecular weight is 310 g/mol. The molecule has 0 unspecified atom stereocenters. The van der Waals surface area contributed by atoms with E-state index in [0.29, 0.717) is 0 Å². The molecule has 2 aromatic carbocycles. The van der Waals surface area contributed by atoms with Crippen LogP contribution in [0.2, 0.25) is 5.02 Å². The van der Waals surface area contributed by atoms with Crippen LogP contribution in [0.5, 0.6) is 0 Å². The Balaban J connectivity index is 1.84. The lowest BCUT2D eigenvalue weighted by atomic mass is 10.0. The van der Waals surface area contributed by atoms with Crippen molar-refractivity contribution < 1.29 is 4.42 Å². The van der Waals surface area contributed by atoms with Gasteiger partial charge in [0.25, 0.3) is 0 Å². The summed E-state index contributed by atoms with van der Waals surface area (Å²) in [7, 11) is 0. The van der Waals surface area contributed by atoms with Crippen molar-refractivity contribution in [2.45, 2.75) is 12.8 Å². The predicted octanol–water partition coefficient (Wildman–Crippen LogP) is 5.48. The zero-order valence-electron chi connectivity index (χ0n) is 12.1. The molecule has 1 aromatic heterocycles. The quantitative estimate of drug-likeness (QED) is 0.678. The molecule has 3 aromatic rings. The van der Waals surface area contributed by atoms with Gasteiger partial charge in [-0.15, -0.1) is 0 Å². The molecular formula is C19H16ClNO. The molecule has 0 aliphatic carbocycles. The molecule has 1 aliphatic heterocycles. The summed E-state index contributed by atoms with van der Waals surface area (Å²) in [6, 6.07) is 16.2. The highest BCUT2D eigenvalue weighted by Crippen LogP contribution is 2.33. The lowest BCUT2D eigenvalue weighted by Crippen LogP contribution is -2.16. The van der Waals surface area contributed by atoms with Crippen LogP contribution >= 0.6 is 11.6 Å². The molecule has 0 saturated carbocycles. The molecular weight excluding hydrogens is 294 g/mol. The summed E-state index contributed by atoms with van der Waals surface area (Å²) in [6.07, 6.45) is 4.49. The van der Waals surface area contributed by atoms with Gasteiger partial charge in [0, 0.05) is 22.5 Å². The van der Waals surface area contributed by atoms with Crippen molar-refractivity contribution in [1.82, 2.24) is 5.32 Å². The first-order valence-corrected chi connectivity index (χ1v) is 7.92. The Morgan fingerprint density at radius 2 is 1.91 bits per heavy atom. The minimum Gasteiger partial charge on any atom is -0.454 e. The summed E-state index contributed by atoms with van der Waals surface area (Å²) >= 11 is 5.98. The van der Waals surface area contributed by atoms with Crippen LogP contribution in [0.1, 0.15) is 18.6 Å². The number of para-hydroxylation sites is 1. The zero-order chi connectivity index (χ0) is 14.9. The van der Waals surface area contributed by atoms with Gasteiger partial charge in [-0.2, -0.15) is 0 Å². The number of benzene rings is 2. The first-order chi connectivity index (χ1) is 10.8. The van der Waals surface area contributed by atoms with Crippen molar-refractivity contribution >= 4 is 28.3 Å². The van der Waals surface area contributed by atoms with Crippen LogP contribution in [0, 0.1) is 0 Å². The van der Waals surface area contributed by atoms with E-state index in [1.54, 1.807) is 0 Å². The molecule has 0 spiro atoms. The maximum absolute atomic E-state index is 6.16. The van der Waals surface area contributed by atoms with Gasteiger partial charge in [0.15, 0.2) is 5.76 Å². The molecule has 0 bridgehead atoms. The van der Waals surface area contributed by atoms with Crippen LogP contribution in [0.25, 0.3) is 27.8 Å². The van der Waals surface area contributed by atoms with Gasteiger partial charge in [0.2, 0.25) is 0 Å². The minimum atomic E-state index is 0.743. The monoisotopic (exact) mass is 309 g/mol. The van der Waals surface area contributed by atoms with Crippen molar-refractivity contribution in [2.75, 3.05) is 6.54 Å². The molecule has 1 N–H and O–H groups in total. The summed E-state index contributed by atoms with van der Waals surface area (Å²) in [5.74, 6) is 0.913. The number of hydrogen-bond donors (Lipinski definition) is 1. The van der Waals surface area contributed by atoms with E-state index in [2.05, 4.69) is 35.7 Å². The molecule has 2 nitrogen and oxygen atoms in total. The van der Waals surface area contributed by atoms with E-state index < -0.39 is 0 Å². The molecule has 4 rings (SSSR count). The van der Waals surface area contributed by atoms with E-state index in [9.17, 15) is 0 Å². The molecule has 2 heterocycles. The van der Waals surface area contributed by atoms with Crippen LogP contribution in [0.4, 0.5) is 0 Å². The Bertz CT molecular complexity index is 846. The smallest absolute Gasteiger partial charge is 0.150 e. The maximum atomic E-state index is 6.16. The number of halogens is 1. The second-order valence-corrected chi connectivity index (χ2v) is 5.96. The van der Waals surface area contributed by atoms with Gasteiger partial charge in [-0.05, 0) is 36.6 Å². The van der Waals surface area contributed by atoms with Crippen molar-refractivity contribution in [3.63, 3.8) is 0 Å².